The number of aryl methyl sites for hydroxylation is 1. The Morgan fingerprint density at radius 1 is 1.64 bits per heavy atom. The quantitative estimate of drug-likeness (QED) is 0.717. The fourth-order valence-corrected chi connectivity index (χ4v) is 1.90. The van der Waals surface area contributed by atoms with Crippen molar-refractivity contribution in [3.63, 3.8) is 0 Å². The van der Waals surface area contributed by atoms with Crippen molar-refractivity contribution in [1.29, 1.82) is 5.26 Å². The van der Waals surface area contributed by atoms with Gasteiger partial charge in [-0.3, -0.25) is 4.79 Å². The minimum atomic E-state index is -0.546. The molecule has 0 saturated carbocycles. The molecule has 74 valence electrons. The Balaban J connectivity index is 2.90. The molecule has 1 heterocycles. The van der Waals surface area contributed by atoms with Crippen LogP contribution in [0.1, 0.15) is 28.5 Å². The molecule has 0 saturated heterocycles. The van der Waals surface area contributed by atoms with Crippen molar-refractivity contribution < 1.29 is 4.79 Å². The van der Waals surface area contributed by atoms with Gasteiger partial charge in [-0.2, -0.15) is 5.26 Å². The topological polar surface area (TPSA) is 53.8 Å². The van der Waals surface area contributed by atoms with Crippen LogP contribution in [-0.4, -0.2) is 10.8 Å². The van der Waals surface area contributed by atoms with Crippen molar-refractivity contribution in [2.24, 2.45) is 11.8 Å². The first-order valence-electron chi connectivity index (χ1n) is 4.42. The van der Waals surface area contributed by atoms with Gasteiger partial charge < -0.3 is 0 Å². The van der Waals surface area contributed by atoms with Gasteiger partial charge in [0.25, 0.3) is 0 Å². The molecule has 0 spiro atoms. The van der Waals surface area contributed by atoms with E-state index in [1.807, 2.05) is 26.8 Å². The highest BCUT2D eigenvalue weighted by Gasteiger charge is 2.24. The third-order valence-electron chi connectivity index (χ3n) is 1.95. The highest BCUT2D eigenvalue weighted by atomic mass is 32.1. The van der Waals surface area contributed by atoms with Crippen molar-refractivity contribution in [3.05, 3.63) is 16.1 Å². The van der Waals surface area contributed by atoms with E-state index in [0.717, 1.165) is 5.01 Å². The number of carbonyl (C=O) groups excluding carboxylic acids is 1. The molecule has 3 nitrogen and oxygen atoms in total. The van der Waals surface area contributed by atoms with Crippen molar-refractivity contribution in [2.45, 2.75) is 20.8 Å². The van der Waals surface area contributed by atoms with Gasteiger partial charge in [0, 0.05) is 6.20 Å². The fraction of sp³-hybridized carbons (Fsp3) is 0.500. The van der Waals surface area contributed by atoms with Gasteiger partial charge in [-0.15, -0.1) is 11.3 Å². The maximum atomic E-state index is 11.8. The van der Waals surface area contributed by atoms with E-state index in [4.69, 9.17) is 5.26 Å². The molecule has 1 unspecified atom stereocenters. The van der Waals surface area contributed by atoms with Gasteiger partial charge in [0.05, 0.1) is 16.0 Å². The zero-order valence-corrected chi connectivity index (χ0v) is 9.26. The van der Waals surface area contributed by atoms with Crippen LogP contribution in [0, 0.1) is 30.1 Å². The van der Waals surface area contributed by atoms with E-state index in [9.17, 15) is 4.79 Å². The van der Waals surface area contributed by atoms with Crippen molar-refractivity contribution >= 4 is 17.1 Å². The van der Waals surface area contributed by atoms with E-state index in [2.05, 4.69) is 4.98 Å². The number of rotatable bonds is 3. The maximum Gasteiger partial charge on any atom is 0.191 e. The molecule has 0 aromatic carbocycles. The molecule has 0 bridgehead atoms. The first-order valence-corrected chi connectivity index (χ1v) is 5.24. The Morgan fingerprint density at radius 2 is 2.29 bits per heavy atom. The first-order chi connectivity index (χ1) is 6.56. The van der Waals surface area contributed by atoms with Crippen LogP contribution in [0.2, 0.25) is 0 Å². The molecule has 0 aliphatic rings. The molecular formula is C10H12N2OS. The summed E-state index contributed by atoms with van der Waals surface area (Å²) < 4.78 is 0. The number of ketones is 1. The van der Waals surface area contributed by atoms with Crippen molar-refractivity contribution in [3.8, 4) is 6.07 Å². The number of carbonyl (C=O) groups is 1. The van der Waals surface area contributed by atoms with E-state index in [1.54, 1.807) is 6.20 Å². The van der Waals surface area contributed by atoms with Gasteiger partial charge in [-0.1, -0.05) is 13.8 Å². The van der Waals surface area contributed by atoms with Crippen molar-refractivity contribution in [2.75, 3.05) is 0 Å². The number of aromatic nitrogens is 1. The lowest BCUT2D eigenvalue weighted by atomic mass is 9.92. The second-order valence-electron chi connectivity index (χ2n) is 3.46. The van der Waals surface area contributed by atoms with E-state index in [0.29, 0.717) is 4.88 Å². The normalized spacial score (nSPS) is 12.5. The minimum absolute atomic E-state index is 0.0508. The van der Waals surface area contributed by atoms with Crippen LogP contribution in [0.15, 0.2) is 6.20 Å². The Kier molecular flexibility index (Phi) is 3.37. The number of hydrogen-bond donors (Lipinski definition) is 0. The second kappa shape index (κ2) is 4.34. The lowest BCUT2D eigenvalue weighted by Crippen LogP contribution is -2.17. The molecule has 0 N–H and O–H groups in total. The molecule has 14 heavy (non-hydrogen) atoms. The average Bonchev–Trinajstić information content (AvgIpc) is 2.52. The predicted octanol–water partition coefficient (Wildman–Crippen LogP) is 2.43. The summed E-state index contributed by atoms with van der Waals surface area (Å²) in [5.74, 6) is -0.599. The maximum absolute atomic E-state index is 11.8. The van der Waals surface area contributed by atoms with Crippen LogP contribution in [0.5, 0.6) is 0 Å². The Morgan fingerprint density at radius 3 is 2.64 bits per heavy atom. The molecule has 0 amide bonds. The Bertz CT molecular complexity index is 376. The number of nitrogens with zero attached hydrogens (tertiary/aromatic N) is 2. The summed E-state index contributed by atoms with van der Waals surface area (Å²) in [4.78, 5) is 16.4. The summed E-state index contributed by atoms with van der Waals surface area (Å²) in [7, 11) is 0. The molecular weight excluding hydrogens is 196 g/mol. The number of hydrogen-bond acceptors (Lipinski definition) is 4. The SMILES string of the molecule is Cc1ncc(C(=O)C(C#N)C(C)C)s1. The summed E-state index contributed by atoms with van der Waals surface area (Å²) in [6, 6.07) is 2.04. The molecule has 0 fully saturated rings. The van der Waals surface area contributed by atoms with Crippen LogP contribution in [-0.2, 0) is 0 Å². The average molecular weight is 208 g/mol. The monoisotopic (exact) mass is 208 g/mol. The van der Waals surface area contributed by atoms with Gasteiger partial charge >= 0.3 is 0 Å². The van der Waals surface area contributed by atoms with E-state index >= 15 is 0 Å². The molecule has 0 aliphatic heterocycles. The number of nitriles is 1. The van der Waals surface area contributed by atoms with Gasteiger partial charge in [0.15, 0.2) is 5.78 Å². The highest BCUT2D eigenvalue weighted by Crippen LogP contribution is 2.20. The molecule has 0 radical (unpaired) electrons. The van der Waals surface area contributed by atoms with E-state index in [-0.39, 0.29) is 11.7 Å². The zero-order valence-electron chi connectivity index (χ0n) is 8.44. The lowest BCUT2D eigenvalue weighted by molar-refractivity contribution is 0.0928. The standard InChI is InChI=1S/C10H12N2OS/c1-6(2)8(4-11)10(13)9-5-12-7(3)14-9/h5-6,8H,1-3H3. The summed E-state index contributed by atoms with van der Waals surface area (Å²) in [5.41, 5.74) is 0. The smallest absolute Gasteiger partial charge is 0.191 e. The summed E-state index contributed by atoms with van der Waals surface area (Å²) in [5, 5.41) is 9.70. The van der Waals surface area contributed by atoms with E-state index < -0.39 is 5.92 Å². The minimum Gasteiger partial charge on any atom is -0.292 e. The van der Waals surface area contributed by atoms with Crippen LogP contribution in [0.4, 0.5) is 0 Å². The van der Waals surface area contributed by atoms with E-state index in [1.165, 1.54) is 11.3 Å². The van der Waals surface area contributed by atoms with Crippen molar-refractivity contribution in [1.82, 2.24) is 4.98 Å². The first kappa shape index (κ1) is 10.9. The second-order valence-corrected chi connectivity index (χ2v) is 4.69. The number of Topliss-reactive ketones (excluding diaryl/α,β-unsaturated/α-hetero) is 1. The Labute approximate surface area is 87.4 Å². The number of thiazole rings is 1. The zero-order chi connectivity index (χ0) is 10.7. The van der Waals surface area contributed by atoms with Gasteiger partial charge in [-0.05, 0) is 12.8 Å². The molecule has 1 aromatic heterocycles. The fourth-order valence-electron chi connectivity index (χ4n) is 1.14. The van der Waals surface area contributed by atoms with Crippen LogP contribution in [0.25, 0.3) is 0 Å². The summed E-state index contributed by atoms with van der Waals surface area (Å²) >= 11 is 1.35. The molecule has 1 rings (SSSR count). The molecule has 0 aliphatic carbocycles. The highest BCUT2D eigenvalue weighted by molar-refractivity contribution is 7.13. The largest absolute Gasteiger partial charge is 0.292 e. The van der Waals surface area contributed by atoms with Gasteiger partial charge in [-0.25, -0.2) is 4.98 Å². The van der Waals surface area contributed by atoms with Gasteiger partial charge in [0.1, 0.15) is 5.92 Å². The van der Waals surface area contributed by atoms with Crippen LogP contribution >= 0.6 is 11.3 Å². The van der Waals surface area contributed by atoms with Crippen LogP contribution < -0.4 is 0 Å². The molecule has 1 aromatic rings. The Hall–Kier alpha value is -1.21. The summed E-state index contributed by atoms with van der Waals surface area (Å²) in [6.45, 7) is 5.59. The molecule has 1 atom stereocenters. The lowest BCUT2D eigenvalue weighted by Gasteiger charge is -2.09. The molecule has 4 heteroatoms. The third kappa shape index (κ3) is 2.18. The van der Waals surface area contributed by atoms with Gasteiger partial charge in [0.2, 0.25) is 0 Å². The summed E-state index contributed by atoms with van der Waals surface area (Å²) in [6.07, 6.45) is 1.55. The third-order valence-corrected chi connectivity index (χ3v) is 2.88. The van der Waals surface area contributed by atoms with Crippen LogP contribution in [0.3, 0.4) is 0 Å². The predicted molar refractivity (Wildman–Crippen MR) is 55.1 cm³/mol.